The molecule has 1 aromatic heterocycles. The van der Waals surface area contributed by atoms with Gasteiger partial charge in [0, 0.05) is 33.1 Å². The predicted molar refractivity (Wildman–Crippen MR) is 228 cm³/mol. The second kappa shape index (κ2) is 13.4. The van der Waals surface area contributed by atoms with Crippen molar-refractivity contribution in [1.82, 2.24) is 0 Å². The molecule has 0 N–H and O–H groups in total. The molecule has 0 radical (unpaired) electrons. The average molecular weight is 690 g/mol. The van der Waals surface area contributed by atoms with Crippen LogP contribution in [0.25, 0.3) is 77.2 Å². The predicted octanol–water partition coefficient (Wildman–Crippen LogP) is 14.9. The molecule has 254 valence electrons. The van der Waals surface area contributed by atoms with Crippen LogP contribution in [0, 0.1) is 0 Å². The van der Waals surface area contributed by atoms with Crippen LogP contribution >= 0.6 is 0 Å². The summed E-state index contributed by atoms with van der Waals surface area (Å²) in [6.45, 7) is 0. The molecule has 0 fully saturated rings. The lowest BCUT2D eigenvalue weighted by Crippen LogP contribution is -2.11. The molecule has 0 saturated carbocycles. The van der Waals surface area contributed by atoms with Crippen molar-refractivity contribution in [2.24, 2.45) is 0 Å². The molecule has 0 unspecified atom stereocenters. The highest BCUT2D eigenvalue weighted by Gasteiger charge is 2.21. The van der Waals surface area contributed by atoms with Gasteiger partial charge in [-0.05, 0) is 92.9 Å². The maximum Gasteiger partial charge on any atom is 0.143 e. The van der Waals surface area contributed by atoms with E-state index in [4.69, 9.17) is 4.42 Å². The monoisotopic (exact) mass is 689 g/mol. The van der Waals surface area contributed by atoms with E-state index in [1.165, 1.54) is 38.9 Å². The van der Waals surface area contributed by atoms with Crippen LogP contribution in [0.1, 0.15) is 0 Å². The van der Waals surface area contributed by atoms with Gasteiger partial charge in [-0.3, -0.25) is 0 Å². The van der Waals surface area contributed by atoms with Crippen molar-refractivity contribution in [1.29, 1.82) is 0 Å². The molecule has 2 nitrogen and oxygen atoms in total. The fourth-order valence-electron chi connectivity index (χ4n) is 7.84. The summed E-state index contributed by atoms with van der Waals surface area (Å²) in [6.07, 6.45) is 0. The van der Waals surface area contributed by atoms with Crippen LogP contribution < -0.4 is 4.90 Å². The van der Waals surface area contributed by atoms with Gasteiger partial charge in [0.15, 0.2) is 0 Å². The molecule has 9 aromatic carbocycles. The van der Waals surface area contributed by atoms with Crippen LogP contribution in [-0.4, -0.2) is 0 Å². The summed E-state index contributed by atoms with van der Waals surface area (Å²) in [4.78, 5) is 2.39. The Morgan fingerprint density at radius 1 is 0.296 bits per heavy atom. The van der Waals surface area contributed by atoms with E-state index in [1.54, 1.807) is 0 Å². The van der Waals surface area contributed by atoms with Gasteiger partial charge < -0.3 is 9.32 Å². The Balaban J connectivity index is 1.14. The Bertz CT molecular complexity index is 2910. The van der Waals surface area contributed by atoms with Gasteiger partial charge in [0.05, 0.1) is 5.69 Å². The molecular weight excluding hydrogens is 655 g/mol. The molecule has 0 aliphatic rings. The number of para-hydroxylation sites is 2. The van der Waals surface area contributed by atoms with Gasteiger partial charge >= 0.3 is 0 Å². The number of nitrogens with zero attached hydrogens (tertiary/aromatic N) is 1. The minimum atomic E-state index is 0.901. The van der Waals surface area contributed by atoms with Gasteiger partial charge in [-0.2, -0.15) is 0 Å². The molecule has 10 rings (SSSR count). The summed E-state index contributed by atoms with van der Waals surface area (Å²) >= 11 is 0. The minimum Gasteiger partial charge on any atom is -0.455 e. The van der Waals surface area contributed by atoms with Crippen molar-refractivity contribution in [3.05, 3.63) is 212 Å². The van der Waals surface area contributed by atoms with Crippen LogP contribution in [0.3, 0.4) is 0 Å². The van der Waals surface area contributed by atoms with E-state index >= 15 is 0 Å². The molecule has 0 saturated heterocycles. The van der Waals surface area contributed by atoms with E-state index in [9.17, 15) is 0 Å². The van der Waals surface area contributed by atoms with Crippen LogP contribution in [-0.2, 0) is 0 Å². The van der Waals surface area contributed by atoms with Crippen molar-refractivity contribution in [3.63, 3.8) is 0 Å². The van der Waals surface area contributed by atoms with Crippen molar-refractivity contribution in [2.75, 3.05) is 4.90 Å². The van der Waals surface area contributed by atoms with E-state index in [2.05, 4.69) is 211 Å². The number of anilines is 3. The lowest BCUT2D eigenvalue weighted by atomic mass is 9.93. The van der Waals surface area contributed by atoms with E-state index in [0.717, 1.165) is 55.3 Å². The largest absolute Gasteiger partial charge is 0.455 e. The second-order valence-electron chi connectivity index (χ2n) is 13.7. The first-order valence-corrected chi connectivity index (χ1v) is 18.4. The third-order valence-corrected chi connectivity index (χ3v) is 10.5. The molecule has 0 bridgehead atoms. The van der Waals surface area contributed by atoms with E-state index < -0.39 is 0 Å². The lowest BCUT2D eigenvalue weighted by Gasteiger charge is -2.28. The minimum absolute atomic E-state index is 0.901. The van der Waals surface area contributed by atoms with Crippen molar-refractivity contribution in [2.45, 2.75) is 0 Å². The fourth-order valence-corrected chi connectivity index (χ4v) is 7.84. The second-order valence-corrected chi connectivity index (χ2v) is 13.7. The molecule has 54 heavy (non-hydrogen) atoms. The van der Waals surface area contributed by atoms with Gasteiger partial charge in [-0.15, -0.1) is 0 Å². The Morgan fingerprint density at radius 3 is 1.44 bits per heavy atom. The molecule has 1 heterocycles. The topological polar surface area (TPSA) is 16.4 Å². The van der Waals surface area contributed by atoms with E-state index in [0.29, 0.717) is 0 Å². The SMILES string of the molecule is c1ccc(-c2ccc(N(c3ccc(-c4cccc(-c5ccccc5)c4)cc3)c3ccccc3-c3cc4c5ccccc5oc4c4ccccc34)cc2)cc1. The first kappa shape index (κ1) is 31.6. The quantitative estimate of drug-likeness (QED) is 0.166. The van der Waals surface area contributed by atoms with Gasteiger partial charge in [-0.1, -0.05) is 164 Å². The molecular formula is C52H35NO. The number of benzene rings is 9. The number of hydrogen-bond acceptors (Lipinski definition) is 2. The molecule has 0 aliphatic carbocycles. The van der Waals surface area contributed by atoms with Gasteiger partial charge in [0.1, 0.15) is 11.2 Å². The normalized spacial score (nSPS) is 11.3. The number of rotatable bonds is 7. The fraction of sp³-hybridized carbons (Fsp3) is 0. The zero-order valence-corrected chi connectivity index (χ0v) is 29.6. The molecule has 2 heteroatoms. The van der Waals surface area contributed by atoms with Gasteiger partial charge in [-0.25, -0.2) is 0 Å². The van der Waals surface area contributed by atoms with Crippen molar-refractivity contribution < 1.29 is 4.42 Å². The average Bonchev–Trinajstić information content (AvgIpc) is 3.64. The number of fused-ring (bicyclic) bond motifs is 5. The third kappa shape index (κ3) is 5.62. The summed E-state index contributed by atoms with van der Waals surface area (Å²) < 4.78 is 6.49. The van der Waals surface area contributed by atoms with Crippen LogP contribution in [0.5, 0.6) is 0 Å². The first-order chi connectivity index (χ1) is 26.8. The van der Waals surface area contributed by atoms with Crippen molar-refractivity contribution in [3.8, 4) is 44.5 Å². The Labute approximate surface area is 314 Å². The summed E-state index contributed by atoms with van der Waals surface area (Å²) in [5.74, 6) is 0. The highest BCUT2D eigenvalue weighted by Crippen LogP contribution is 2.46. The summed E-state index contributed by atoms with van der Waals surface area (Å²) in [5.41, 5.74) is 14.6. The first-order valence-electron chi connectivity index (χ1n) is 18.4. The third-order valence-electron chi connectivity index (χ3n) is 10.5. The summed E-state index contributed by atoms with van der Waals surface area (Å²) in [6, 6.07) is 75.9. The summed E-state index contributed by atoms with van der Waals surface area (Å²) in [5, 5.41) is 4.51. The van der Waals surface area contributed by atoms with Gasteiger partial charge in [0.25, 0.3) is 0 Å². The van der Waals surface area contributed by atoms with Crippen molar-refractivity contribution >= 4 is 49.8 Å². The Morgan fingerprint density at radius 2 is 0.778 bits per heavy atom. The zero-order chi connectivity index (χ0) is 35.8. The highest BCUT2D eigenvalue weighted by molar-refractivity contribution is 6.19. The maximum atomic E-state index is 6.49. The summed E-state index contributed by atoms with van der Waals surface area (Å²) in [7, 11) is 0. The highest BCUT2D eigenvalue weighted by atomic mass is 16.3. The van der Waals surface area contributed by atoms with Crippen LogP contribution in [0.15, 0.2) is 217 Å². The smallest absolute Gasteiger partial charge is 0.143 e. The molecule has 0 aliphatic heterocycles. The maximum absolute atomic E-state index is 6.49. The van der Waals surface area contributed by atoms with Crippen LogP contribution in [0.4, 0.5) is 17.1 Å². The molecule has 0 atom stereocenters. The van der Waals surface area contributed by atoms with Crippen LogP contribution in [0.2, 0.25) is 0 Å². The number of hydrogen-bond donors (Lipinski definition) is 0. The Kier molecular flexibility index (Phi) is 7.85. The zero-order valence-electron chi connectivity index (χ0n) is 29.6. The van der Waals surface area contributed by atoms with E-state index in [1.807, 2.05) is 6.07 Å². The molecule has 10 aromatic rings. The molecule has 0 amide bonds. The standard InChI is InChI=1S/C52H35NO/c1-3-14-36(15-4-1)38-26-30-42(31-27-38)53(43-32-28-39(29-33-43)41-19-13-18-40(34-41)37-16-5-2-6-17-37)50-24-11-9-21-45(50)48-35-49-46-22-10-12-25-51(46)54-52(49)47-23-8-7-20-44(47)48/h1-35H. The van der Waals surface area contributed by atoms with E-state index in [-0.39, 0.29) is 0 Å². The number of furan rings is 1. The lowest BCUT2D eigenvalue weighted by molar-refractivity contribution is 0.672. The Hall–Kier alpha value is -7.16. The molecule has 0 spiro atoms. The van der Waals surface area contributed by atoms with Gasteiger partial charge in [0.2, 0.25) is 0 Å².